The number of nitriles is 1. The van der Waals surface area contributed by atoms with E-state index in [1.54, 1.807) is 0 Å². The summed E-state index contributed by atoms with van der Waals surface area (Å²) in [6.45, 7) is 0. The van der Waals surface area contributed by atoms with Gasteiger partial charge in [-0.25, -0.2) is 8.78 Å². The van der Waals surface area contributed by atoms with Crippen LogP contribution in [0.4, 0.5) is 8.78 Å². The molecule has 0 spiro atoms. The molecule has 0 heterocycles. The molecule has 52 valence electrons. The van der Waals surface area contributed by atoms with Crippen molar-refractivity contribution in [2.24, 2.45) is 0 Å². The van der Waals surface area contributed by atoms with E-state index in [2.05, 4.69) is 0 Å². The third-order valence-corrected chi connectivity index (χ3v) is 1.29. The Morgan fingerprint density at radius 3 is 2.80 bits per heavy atom. The molecule has 0 aromatic carbocycles. The molecule has 0 amide bonds. The Morgan fingerprint density at radius 2 is 2.40 bits per heavy atom. The number of nitrogens with zero attached hydrogens (tertiary/aromatic N) is 1. The highest BCUT2D eigenvalue weighted by atomic mass is 19.1. The van der Waals surface area contributed by atoms with Crippen molar-refractivity contribution in [3.8, 4) is 6.07 Å². The minimum absolute atomic E-state index is 0.0450. The molecule has 0 aromatic heterocycles. The lowest BCUT2D eigenvalue weighted by molar-refractivity contribution is 0.434. The van der Waals surface area contributed by atoms with Crippen molar-refractivity contribution < 1.29 is 8.78 Å². The summed E-state index contributed by atoms with van der Waals surface area (Å²) in [5, 5.41) is 8.21. The van der Waals surface area contributed by atoms with Gasteiger partial charge in [0.15, 0.2) is 6.17 Å². The van der Waals surface area contributed by atoms with Crippen LogP contribution in [-0.4, -0.2) is 6.17 Å². The Labute approximate surface area is 57.3 Å². The highest BCUT2D eigenvalue weighted by Gasteiger charge is 2.17. The maximum Gasteiger partial charge on any atom is 0.156 e. The smallest absolute Gasteiger partial charge is 0.156 e. The summed E-state index contributed by atoms with van der Waals surface area (Å²) in [7, 11) is 0. The van der Waals surface area contributed by atoms with E-state index in [1.165, 1.54) is 18.2 Å². The molecule has 0 radical (unpaired) electrons. The molecule has 0 saturated heterocycles. The molecule has 1 atom stereocenters. The van der Waals surface area contributed by atoms with Crippen LogP contribution in [0.15, 0.2) is 23.6 Å². The lowest BCUT2D eigenvalue weighted by atomic mass is 10.0. The summed E-state index contributed by atoms with van der Waals surface area (Å²) in [5.74, 6) is -0.655. The first kappa shape index (κ1) is 6.94. The fourth-order valence-corrected chi connectivity index (χ4v) is 0.769. The Balaban J connectivity index is 2.92. The van der Waals surface area contributed by atoms with Gasteiger partial charge in [0, 0.05) is 6.42 Å². The average molecular weight is 141 g/mol. The van der Waals surface area contributed by atoms with E-state index in [4.69, 9.17) is 5.26 Å². The largest absolute Gasteiger partial charge is 0.237 e. The number of rotatable bonds is 0. The van der Waals surface area contributed by atoms with E-state index in [-0.39, 0.29) is 12.0 Å². The van der Waals surface area contributed by atoms with Crippen molar-refractivity contribution in [3.05, 3.63) is 23.6 Å². The van der Waals surface area contributed by atoms with Crippen LogP contribution in [0, 0.1) is 11.3 Å². The second kappa shape index (κ2) is 2.61. The average Bonchev–Trinajstić information content (AvgIpc) is 1.88. The molecule has 1 aliphatic rings. The summed E-state index contributed by atoms with van der Waals surface area (Å²) in [5.41, 5.74) is -0.387. The Morgan fingerprint density at radius 1 is 1.70 bits per heavy atom. The van der Waals surface area contributed by atoms with Gasteiger partial charge in [-0.15, -0.1) is 0 Å². The summed E-state index contributed by atoms with van der Waals surface area (Å²) in [6.07, 6.45) is 1.06. The van der Waals surface area contributed by atoms with Crippen molar-refractivity contribution >= 4 is 0 Å². The van der Waals surface area contributed by atoms with Crippen molar-refractivity contribution in [1.82, 2.24) is 0 Å². The van der Waals surface area contributed by atoms with Crippen molar-refractivity contribution in [2.75, 3.05) is 0 Å². The normalized spacial score (nSPS) is 24.7. The quantitative estimate of drug-likeness (QED) is 0.473. The molecule has 1 aliphatic carbocycles. The second-order valence-corrected chi connectivity index (χ2v) is 1.96. The van der Waals surface area contributed by atoms with E-state index in [9.17, 15) is 8.78 Å². The summed E-state index contributed by atoms with van der Waals surface area (Å²) in [6, 6.07) is 1.48. The van der Waals surface area contributed by atoms with Crippen molar-refractivity contribution in [1.29, 1.82) is 5.26 Å². The van der Waals surface area contributed by atoms with Crippen LogP contribution in [-0.2, 0) is 0 Å². The molecule has 0 aliphatic heterocycles. The molecule has 0 fully saturated rings. The fraction of sp³-hybridized carbons (Fsp3) is 0.286. The van der Waals surface area contributed by atoms with Gasteiger partial charge in [0.25, 0.3) is 0 Å². The van der Waals surface area contributed by atoms with E-state index in [1.807, 2.05) is 0 Å². The zero-order valence-corrected chi connectivity index (χ0v) is 5.14. The van der Waals surface area contributed by atoms with E-state index >= 15 is 0 Å². The second-order valence-electron chi connectivity index (χ2n) is 1.96. The zero-order chi connectivity index (χ0) is 7.56. The fourth-order valence-electron chi connectivity index (χ4n) is 0.769. The molecule has 0 saturated carbocycles. The van der Waals surface area contributed by atoms with Gasteiger partial charge in [-0.2, -0.15) is 5.26 Å². The highest BCUT2D eigenvalue weighted by molar-refractivity contribution is 5.35. The van der Waals surface area contributed by atoms with E-state index in [0.717, 1.165) is 0 Å². The van der Waals surface area contributed by atoms with Gasteiger partial charge in [-0.1, -0.05) is 6.08 Å². The van der Waals surface area contributed by atoms with Crippen LogP contribution in [0.2, 0.25) is 0 Å². The van der Waals surface area contributed by atoms with E-state index < -0.39 is 12.0 Å². The maximum atomic E-state index is 12.5. The predicted molar refractivity (Wildman–Crippen MR) is 32.4 cm³/mol. The zero-order valence-electron chi connectivity index (χ0n) is 5.14. The van der Waals surface area contributed by atoms with E-state index in [0.29, 0.717) is 0 Å². The molecule has 1 rings (SSSR count). The standard InChI is InChI=1S/C7H5F2N/c8-6-2-1-3-7(9)5(6)4-10/h1-2,6H,3H2. The van der Waals surface area contributed by atoms with Crippen LogP contribution in [0.3, 0.4) is 0 Å². The van der Waals surface area contributed by atoms with Gasteiger partial charge in [0.1, 0.15) is 11.9 Å². The molecule has 1 nitrogen and oxygen atoms in total. The molecule has 3 heteroatoms. The van der Waals surface area contributed by atoms with Crippen LogP contribution in [0.25, 0.3) is 0 Å². The van der Waals surface area contributed by atoms with Crippen LogP contribution >= 0.6 is 0 Å². The van der Waals surface area contributed by atoms with Crippen LogP contribution < -0.4 is 0 Å². The monoisotopic (exact) mass is 141 g/mol. The number of halogens is 2. The van der Waals surface area contributed by atoms with Gasteiger partial charge in [0.05, 0.1) is 5.57 Å². The molecule has 10 heavy (non-hydrogen) atoms. The number of allylic oxidation sites excluding steroid dienone is 4. The first-order valence-electron chi connectivity index (χ1n) is 2.85. The molecule has 1 unspecified atom stereocenters. The van der Waals surface area contributed by atoms with Gasteiger partial charge < -0.3 is 0 Å². The minimum atomic E-state index is -1.54. The SMILES string of the molecule is N#CC1=C(F)CC=CC1F. The first-order valence-corrected chi connectivity index (χ1v) is 2.85. The Kier molecular flexibility index (Phi) is 1.81. The lowest BCUT2D eigenvalue weighted by Crippen LogP contribution is -2.04. The Bertz CT molecular complexity index is 234. The van der Waals surface area contributed by atoms with Gasteiger partial charge in [-0.3, -0.25) is 0 Å². The minimum Gasteiger partial charge on any atom is -0.237 e. The molecule has 0 N–H and O–H groups in total. The first-order chi connectivity index (χ1) is 4.75. The van der Waals surface area contributed by atoms with Gasteiger partial charge in [-0.05, 0) is 6.08 Å². The summed E-state index contributed by atoms with van der Waals surface area (Å²) >= 11 is 0. The summed E-state index contributed by atoms with van der Waals surface area (Å²) in [4.78, 5) is 0. The maximum absolute atomic E-state index is 12.5. The van der Waals surface area contributed by atoms with Crippen LogP contribution in [0.1, 0.15) is 6.42 Å². The molecule has 0 aromatic rings. The number of alkyl halides is 1. The van der Waals surface area contributed by atoms with Crippen LogP contribution in [0.5, 0.6) is 0 Å². The molecular weight excluding hydrogens is 136 g/mol. The topological polar surface area (TPSA) is 23.8 Å². The number of hydrogen-bond acceptors (Lipinski definition) is 1. The molecular formula is C7H5F2N. The Hall–Kier alpha value is -1.17. The molecule has 0 bridgehead atoms. The highest BCUT2D eigenvalue weighted by Crippen LogP contribution is 2.22. The number of hydrogen-bond donors (Lipinski definition) is 0. The van der Waals surface area contributed by atoms with Gasteiger partial charge >= 0.3 is 0 Å². The third kappa shape index (κ3) is 1.06. The van der Waals surface area contributed by atoms with Gasteiger partial charge in [0.2, 0.25) is 0 Å². The predicted octanol–water partition coefficient (Wildman–Crippen LogP) is 2.03. The van der Waals surface area contributed by atoms with Crippen molar-refractivity contribution in [2.45, 2.75) is 12.6 Å². The lowest BCUT2D eigenvalue weighted by Gasteiger charge is -2.06. The summed E-state index contributed by atoms with van der Waals surface area (Å²) < 4.78 is 25.0. The van der Waals surface area contributed by atoms with Crippen molar-refractivity contribution in [3.63, 3.8) is 0 Å². The third-order valence-electron chi connectivity index (χ3n) is 1.29.